The maximum atomic E-state index is 12.8. The molecule has 0 spiro atoms. The third-order valence-corrected chi connectivity index (χ3v) is 8.00. The molecule has 4 N–H and O–H groups in total. The third kappa shape index (κ3) is 6.34. The Morgan fingerprint density at radius 3 is 2.65 bits per heavy atom. The van der Waals surface area contributed by atoms with Crippen molar-refractivity contribution in [1.82, 2.24) is 30.0 Å². The second-order valence-electron chi connectivity index (χ2n) is 7.04. The summed E-state index contributed by atoms with van der Waals surface area (Å²) in [6.45, 7) is 0. The molecule has 184 valence electrons. The number of nitrogens with two attached hydrogens (primary N) is 1. The summed E-state index contributed by atoms with van der Waals surface area (Å²) in [5, 5.41) is 42.2. The van der Waals surface area contributed by atoms with Crippen LogP contribution in [0.5, 0.6) is 5.88 Å². The molecule has 2 aliphatic heterocycles. The smallest absolute Gasteiger partial charge is 0.854 e. The van der Waals surface area contributed by atoms with Crippen LogP contribution in [0.2, 0.25) is 0 Å². The number of aryl methyl sites for hydroxylation is 1. The molecule has 0 aliphatic carbocycles. The van der Waals surface area contributed by atoms with E-state index in [0.29, 0.717) is 5.57 Å². The van der Waals surface area contributed by atoms with Crippen molar-refractivity contribution in [2.75, 3.05) is 17.2 Å². The Labute approximate surface area is 264 Å². The van der Waals surface area contributed by atoms with Crippen molar-refractivity contribution in [3.05, 3.63) is 32.7 Å². The second kappa shape index (κ2) is 12.9. The first kappa shape index (κ1) is 31.6. The minimum atomic E-state index is -1.59. The molecule has 2 aromatic rings. The molecule has 1 saturated heterocycles. The molecule has 2 aliphatic rings. The molecule has 2 amide bonds. The molecule has 20 heteroatoms. The number of carboxylic acid groups (broad SMARTS) is 1. The zero-order valence-corrected chi connectivity index (χ0v) is 26.0. The molecular weight excluding hydrogens is 570 g/mol. The zero-order chi connectivity index (χ0) is 25.4. The van der Waals surface area contributed by atoms with Crippen LogP contribution in [0, 0.1) is 0 Å². The van der Waals surface area contributed by atoms with E-state index in [1.54, 1.807) is 0 Å². The van der Waals surface area contributed by atoms with Gasteiger partial charge in [-0.1, -0.05) is 16.9 Å². The Morgan fingerprint density at radius 2 is 2.05 bits per heavy atom. The van der Waals surface area contributed by atoms with Crippen LogP contribution in [0.1, 0.15) is 5.69 Å². The maximum absolute atomic E-state index is 12.8. The van der Waals surface area contributed by atoms with Gasteiger partial charge in [0.2, 0.25) is 0 Å². The number of fused-ring (bicyclic) bond motifs is 1. The normalized spacial score (nSPS) is 18.8. The molecular formula is C17H14N8Na2O7S3. The largest absolute Gasteiger partial charge is 1.00 e. The average Bonchev–Trinajstić information content (AvgIpc) is 3.24. The Bertz CT molecular complexity index is 1360. The number of anilines is 1. The number of β-lactam (4-membered cyclic amide) rings is 1. The van der Waals surface area contributed by atoms with E-state index in [2.05, 4.69) is 25.5 Å². The van der Waals surface area contributed by atoms with Crippen molar-refractivity contribution in [1.29, 1.82) is 0 Å². The summed E-state index contributed by atoms with van der Waals surface area (Å²) in [7, 11) is 1.41. The monoisotopic (exact) mass is 584 g/mol. The van der Waals surface area contributed by atoms with E-state index in [-0.39, 0.29) is 92.3 Å². The van der Waals surface area contributed by atoms with Gasteiger partial charge in [0.05, 0.1) is 17.5 Å². The summed E-state index contributed by atoms with van der Waals surface area (Å²) >= 11 is 3.19. The number of nitrogen functional groups attached to an aromatic ring is 1. The van der Waals surface area contributed by atoms with E-state index < -0.39 is 46.4 Å². The van der Waals surface area contributed by atoms with Crippen molar-refractivity contribution in [2.45, 2.75) is 16.6 Å². The summed E-state index contributed by atoms with van der Waals surface area (Å²) < 4.78 is 1.10. The Hall–Kier alpha value is -1.64. The molecule has 0 saturated carbocycles. The van der Waals surface area contributed by atoms with Gasteiger partial charge in [0.25, 0.3) is 17.4 Å². The van der Waals surface area contributed by atoms with E-state index in [4.69, 9.17) is 5.73 Å². The molecule has 37 heavy (non-hydrogen) atoms. The summed E-state index contributed by atoms with van der Waals surface area (Å²) in [5.74, 6) is -4.00. The van der Waals surface area contributed by atoms with Crippen molar-refractivity contribution in [3.63, 3.8) is 0 Å². The number of nitrogens with zero attached hydrogens (tertiary/aromatic N) is 6. The first-order valence-electron chi connectivity index (χ1n) is 9.49. The number of carbonyl (C=O) groups is 3. The predicted octanol–water partition coefficient (Wildman–Crippen LogP) is -9.33. The van der Waals surface area contributed by atoms with Crippen LogP contribution in [0.15, 0.2) is 31.8 Å². The van der Waals surface area contributed by atoms with Crippen LogP contribution < -0.4 is 85.9 Å². The molecule has 0 aromatic carbocycles. The fourth-order valence-corrected chi connectivity index (χ4v) is 6.25. The zero-order valence-electron chi connectivity index (χ0n) is 19.5. The SMILES string of the molecule is Cn1nc([O-])c(=O)nc1SCC1=C(C(=O)[O-])N2C(=O)[C@@H](NC(=O)/C(=N\O)c3csc(N)n3)[C@H]2SC1.[Na+].[Na+]. The molecule has 2 atom stereocenters. The first-order valence-corrected chi connectivity index (χ1v) is 12.4. The van der Waals surface area contributed by atoms with Gasteiger partial charge in [0, 0.05) is 23.9 Å². The number of thioether (sulfide) groups is 2. The molecule has 15 nitrogen and oxygen atoms in total. The number of carboxylic acids is 1. The van der Waals surface area contributed by atoms with Crippen LogP contribution >= 0.6 is 34.9 Å². The molecule has 0 bridgehead atoms. The number of nitrogens with one attached hydrogen (secondary N) is 1. The molecule has 4 heterocycles. The third-order valence-electron chi connectivity index (χ3n) is 4.88. The van der Waals surface area contributed by atoms with E-state index in [0.717, 1.165) is 32.7 Å². The average molecular weight is 585 g/mol. The molecule has 1 fully saturated rings. The van der Waals surface area contributed by atoms with Gasteiger partial charge in [-0.3, -0.25) is 19.3 Å². The number of carbonyl (C=O) groups excluding carboxylic acids is 3. The Balaban J connectivity index is 0.00000241. The number of amides is 2. The van der Waals surface area contributed by atoms with Gasteiger partial charge < -0.3 is 31.3 Å². The number of hydrogen-bond donors (Lipinski definition) is 3. The van der Waals surface area contributed by atoms with Crippen molar-refractivity contribution >= 4 is 63.5 Å². The molecule has 4 rings (SSSR count). The van der Waals surface area contributed by atoms with E-state index in [1.807, 2.05) is 0 Å². The second-order valence-corrected chi connectivity index (χ2v) is 9.97. The molecule has 2 aromatic heterocycles. The minimum absolute atomic E-state index is 0. The Kier molecular flexibility index (Phi) is 11.0. The van der Waals surface area contributed by atoms with E-state index in [1.165, 1.54) is 24.2 Å². The fourth-order valence-electron chi connectivity index (χ4n) is 3.31. The van der Waals surface area contributed by atoms with Crippen LogP contribution in [0.4, 0.5) is 5.13 Å². The predicted molar refractivity (Wildman–Crippen MR) is 119 cm³/mol. The van der Waals surface area contributed by atoms with Gasteiger partial charge in [0.1, 0.15) is 17.1 Å². The number of thiazole rings is 1. The van der Waals surface area contributed by atoms with Crippen LogP contribution in [0.3, 0.4) is 0 Å². The van der Waals surface area contributed by atoms with Crippen LogP contribution in [-0.2, 0) is 21.4 Å². The number of aromatic nitrogens is 4. The van der Waals surface area contributed by atoms with E-state index in [9.17, 15) is 34.6 Å². The van der Waals surface area contributed by atoms with Gasteiger partial charge in [-0.15, -0.1) is 23.1 Å². The maximum Gasteiger partial charge on any atom is 1.00 e. The van der Waals surface area contributed by atoms with Gasteiger partial charge in [0.15, 0.2) is 16.0 Å². The van der Waals surface area contributed by atoms with Crippen molar-refractivity contribution in [3.8, 4) is 5.88 Å². The van der Waals surface area contributed by atoms with Gasteiger partial charge in [-0.25, -0.2) is 9.67 Å². The van der Waals surface area contributed by atoms with Gasteiger partial charge in [-0.2, -0.15) is 10.1 Å². The van der Waals surface area contributed by atoms with Crippen molar-refractivity contribution < 1.29 is 88.9 Å². The molecule has 0 unspecified atom stereocenters. The summed E-state index contributed by atoms with van der Waals surface area (Å²) in [4.78, 5) is 57.2. The van der Waals surface area contributed by atoms with Gasteiger partial charge in [-0.05, 0) is 5.57 Å². The van der Waals surface area contributed by atoms with Crippen LogP contribution in [0.25, 0.3) is 0 Å². The quantitative estimate of drug-likeness (QED) is 0.0686. The van der Waals surface area contributed by atoms with E-state index >= 15 is 0 Å². The number of hydrogen-bond acceptors (Lipinski definition) is 15. The number of rotatable bonds is 7. The minimum Gasteiger partial charge on any atom is -0.854 e. The Morgan fingerprint density at radius 1 is 1.35 bits per heavy atom. The first-order chi connectivity index (χ1) is 16.6. The van der Waals surface area contributed by atoms with Crippen LogP contribution in [-0.4, -0.2) is 76.3 Å². The summed E-state index contributed by atoms with van der Waals surface area (Å²) in [6, 6.07) is -1.08. The molecule has 0 radical (unpaired) electrons. The van der Waals surface area contributed by atoms with Crippen molar-refractivity contribution in [2.24, 2.45) is 12.2 Å². The van der Waals surface area contributed by atoms with Gasteiger partial charge >= 0.3 is 59.1 Å². The standard InChI is InChI=1S/C17H16N8O7S3.2Na/c1-24-17(21-11(27)12(28)22-24)35-3-5-2-33-14-8(13(29)25(14)9(5)15(30)31)20-10(26)7(23-32)6-4-34-16(18)19-6;;/h4,8,14,32H,2-3H2,1H3,(H2,18,19)(H,20,26)(H,22,28)(H,30,31);;/q;2*+1/p-2/b23-7-;;/t8-,14-;;/m1../s1. The number of aliphatic carboxylic acids is 1. The number of oxime groups is 1. The summed E-state index contributed by atoms with van der Waals surface area (Å²) in [6.07, 6.45) is 0. The topological polar surface area (TPSA) is 232 Å². The fraction of sp³-hybridized carbons (Fsp3) is 0.294. The summed E-state index contributed by atoms with van der Waals surface area (Å²) in [5.41, 5.74) is 4.03.